The van der Waals surface area contributed by atoms with Crippen LogP contribution in [0.3, 0.4) is 0 Å². The predicted octanol–water partition coefficient (Wildman–Crippen LogP) is 4.33. The van der Waals surface area contributed by atoms with Crippen LogP contribution in [0.5, 0.6) is 5.75 Å². The third-order valence-corrected chi connectivity index (χ3v) is 6.91. The molecule has 5 rings (SSSR count). The highest BCUT2D eigenvalue weighted by Gasteiger charge is 2.35. The van der Waals surface area contributed by atoms with Crippen molar-refractivity contribution in [3.05, 3.63) is 101 Å². The molecular weight excluding hydrogens is 455 g/mol. The maximum Gasteiger partial charge on any atom is 0.257 e. The minimum Gasteiger partial charge on any atom is -0.497 e. The number of hydrogen-bond acceptors (Lipinski definition) is 5. The Hall–Kier alpha value is -3.55. The van der Waals surface area contributed by atoms with E-state index in [1.807, 2.05) is 30.3 Å². The minimum atomic E-state index is -0.473. The lowest BCUT2D eigenvalue weighted by molar-refractivity contribution is -0.134. The van der Waals surface area contributed by atoms with Crippen LogP contribution >= 0.6 is 0 Å². The highest BCUT2D eigenvalue weighted by molar-refractivity contribution is 6.03. The van der Waals surface area contributed by atoms with E-state index in [2.05, 4.69) is 34.1 Å². The van der Waals surface area contributed by atoms with Crippen LogP contribution in [0.2, 0.25) is 0 Å². The topological polar surface area (TPSA) is 48.4 Å². The summed E-state index contributed by atoms with van der Waals surface area (Å²) in [7, 11) is 1.62. The average Bonchev–Trinajstić information content (AvgIpc) is 3.36. The van der Waals surface area contributed by atoms with Gasteiger partial charge in [0, 0.05) is 50.3 Å². The molecule has 0 unspecified atom stereocenters. The summed E-state index contributed by atoms with van der Waals surface area (Å²) in [6, 6.07) is 24.2. The zero-order valence-corrected chi connectivity index (χ0v) is 20.5. The van der Waals surface area contributed by atoms with Crippen LogP contribution in [0.1, 0.15) is 29.2 Å². The third-order valence-electron chi connectivity index (χ3n) is 6.91. The van der Waals surface area contributed by atoms with Crippen LogP contribution in [0.25, 0.3) is 0 Å². The van der Waals surface area contributed by atoms with Gasteiger partial charge in [-0.15, -0.1) is 0 Å². The van der Waals surface area contributed by atoms with Crippen molar-refractivity contribution in [2.45, 2.75) is 19.0 Å². The molecule has 1 atom stereocenters. The van der Waals surface area contributed by atoms with Gasteiger partial charge in [-0.05, 0) is 23.8 Å². The molecule has 36 heavy (non-hydrogen) atoms. The molecule has 0 bridgehead atoms. The largest absolute Gasteiger partial charge is 0.497 e. The van der Waals surface area contributed by atoms with Crippen molar-refractivity contribution in [1.29, 1.82) is 0 Å². The number of hydrazone groups is 1. The fraction of sp³-hybridized carbons (Fsp3) is 0.310. The molecule has 2 aliphatic rings. The second-order valence-electron chi connectivity index (χ2n) is 9.30. The van der Waals surface area contributed by atoms with Gasteiger partial charge in [-0.3, -0.25) is 14.6 Å². The van der Waals surface area contributed by atoms with Gasteiger partial charge in [-0.25, -0.2) is 9.40 Å². The molecule has 1 saturated heterocycles. The molecular formula is C29H31FN4O2. The lowest BCUT2D eigenvalue weighted by Gasteiger charge is -2.35. The summed E-state index contributed by atoms with van der Waals surface area (Å²) in [6.45, 7) is 4.60. The van der Waals surface area contributed by atoms with Gasteiger partial charge in [-0.2, -0.15) is 5.10 Å². The quantitative estimate of drug-likeness (QED) is 0.499. The molecule has 0 aromatic heterocycles. The number of piperazine rings is 1. The Balaban J connectivity index is 1.29. The van der Waals surface area contributed by atoms with E-state index in [-0.39, 0.29) is 18.3 Å². The van der Waals surface area contributed by atoms with E-state index in [1.165, 1.54) is 16.6 Å². The van der Waals surface area contributed by atoms with Crippen molar-refractivity contribution in [2.75, 3.05) is 39.8 Å². The molecule has 3 aromatic rings. The highest BCUT2D eigenvalue weighted by atomic mass is 19.1. The molecule has 1 amide bonds. The fourth-order valence-electron chi connectivity index (χ4n) is 4.92. The van der Waals surface area contributed by atoms with Gasteiger partial charge >= 0.3 is 0 Å². The number of methoxy groups -OCH3 is 1. The number of nitrogens with zero attached hydrogens (tertiary/aromatic N) is 4. The molecule has 2 heterocycles. The standard InChI is InChI=1S/C29H31FN4O2/c1-36-24-11-7-10-23(18-24)27-19-28(25-12-5-6-13-26(25)30)34(31-27)29(35)21-33-16-14-32(15-17-33)20-22-8-3-2-4-9-22/h2-13,18,28H,14-17,19-21H2,1H3/t28-/m1/s1. The van der Waals surface area contributed by atoms with Crippen LogP contribution in [-0.4, -0.2) is 66.3 Å². The Morgan fingerprint density at radius 2 is 1.67 bits per heavy atom. The summed E-state index contributed by atoms with van der Waals surface area (Å²) >= 11 is 0. The number of carbonyl (C=O) groups is 1. The van der Waals surface area contributed by atoms with Crippen LogP contribution in [-0.2, 0) is 11.3 Å². The molecule has 0 saturated carbocycles. The Bertz CT molecular complexity index is 1220. The summed E-state index contributed by atoms with van der Waals surface area (Å²) < 4.78 is 20.1. The van der Waals surface area contributed by atoms with Crippen molar-refractivity contribution in [1.82, 2.24) is 14.8 Å². The van der Waals surface area contributed by atoms with E-state index in [4.69, 9.17) is 9.84 Å². The number of amides is 1. The molecule has 0 aliphatic carbocycles. The van der Waals surface area contributed by atoms with Gasteiger partial charge < -0.3 is 4.74 Å². The van der Waals surface area contributed by atoms with Crippen LogP contribution < -0.4 is 4.74 Å². The first-order valence-corrected chi connectivity index (χ1v) is 12.4. The van der Waals surface area contributed by atoms with E-state index >= 15 is 0 Å². The van der Waals surface area contributed by atoms with Crippen LogP contribution in [0.4, 0.5) is 4.39 Å². The number of rotatable bonds is 7. The average molecular weight is 487 g/mol. The monoisotopic (exact) mass is 486 g/mol. The Labute approximate surface area is 211 Å². The predicted molar refractivity (Wildman–Crippen MR) is 138 cm³/mol. The summed E-state index contributed by atoms with van der Waals surface area (Å²) in [5.74, 6) is 0.283. The molecule has 3 aromatic carbocycles. The second-order valence-corrected chi connectivity index (χ2v) is 9.30. The first-order chi connectivity index (χ1) is 17.6. The van der Waals surface area contributed by atoms with Crippen molar-refractivity contribution < 1.29 is 13.9 Å². The molecule has 6 nitrogen and oxygen atoms in total. The van der Waals surface area contributed by atoms with Gasteiger partial charge in [-0.1, -0.05) is 60.7 Å². The third kappa shape index (κ3) is 5.48. The highest BCUT2D eigenvalue weighted by Crippen LogP contribution is 2.34. The number of ether oxygens (including phenoxy) is 1. The molecule has 1 fully saturated rings. The van der Waals surface area contributed by atoms with Gasteiger partial charge in [0.25, 0.3) is 5.91 Å². The Morgan fingerprint density at radius 3 is 2.42 bits per heavy atom. The summed E-state index contributed by atoms with van der Waals surface area (Å²) in [5, 5.41) is 6.20. The zero-order chi connectivity index (χ0) is 24.9. The van der Waals surface area contributed by atoms with Crippen molar-refractivity contribution in [3.63, 3.8) is 0 Å². The number of halogens is 1. The summed E-state index contributed by atoms with van der Waals surface area (Å²) in [5.41, 5.74) is 3.41. The van der Waals surface area contributed by atoms with Gasteiger partial charge in [0.2, 0.25) is 0 Å². The van der Waals surface area contributed by atoms with E-state index in [0.717, 1.165) is 49.7 Å². The normalized spacial score (nSPS) is 18.8. The molecule has 7 heteroatoms. The van der Waals surface area contributed by atoms with Crippen molar-refractivity contribution >= 4 is 11.6 Å². The van der Waals surface area contributed by atoms with Gasteiger partial charge in [0.05, 0.1) is 25.4 Å². The Kier molecular flexibility index (Phi) is 7.39. The first-order valence-electron chi connectivity index (χ1n) is 12.4. The number of benzene rings is 3. The SMILES string of the molecule is COc1cccc(C2=NN(C(=O)CN3CCN(Cc4ccccc4)CC3)[C@@H](c3ccccc3F)C2)c1. The van der Waals surface area contributed by atoms with E-state index in [1.54, 1.807) is 25.3 Å². The Morgan fingerprint density at radius 1 is 0.944 bits per heavy atom. The molecule has 0 spiro atoms. The fourth-order valence-corrected chi connectivity index (χ4v) is 4.92. The molecule has 0 N–H and O–H groups in total. The number of hydrogen-bond donors (Lipinski definition) is 0. The maximum absolute atomic E-state index is 14.8. The van der Waals surface area contributed by atoms with Crippen LogP contribution in [0, 0.1) is 5.82 Å². The van der Waals surface area contributed by atoms with Gasteiger partial charge in [0.1, 0.15) is 11.6 Å². The minimum absolute atomic E-state index is 0.113. The lowest BCUT2D eigenvalue weighted by Crippen LogP contribution is -2.49. The molecule has 2 aliphatic heterocycles. The maximum atomic E-state index is 14.8. The number of carbonyl (C=O) groups excluding carboxylic acids is 1. The van der Waals surface area contributed by atoms with Crippen molar-refractivity contribution in [2.24, 2.45) is 5.10 Å². The first kappa shape index (κ1) is 24.2. The van der Waals surface area contributed by atoms with E-state index in [0.29, 0.717) is 12.0 Å². The van der Waals surface area contributed by atoms with E-state index in [9.17, 15) is 9.18 Å². The smallest absolute Gasteiger partial charge is 0.257 e. The molecule has 186 valence electrons. The zero-order valence-electron chi connectivity index (χ0n) is 20.5. The summed E-state index contributed by atoms with van der Waals surface area (Å²) in [4.78, 5) is 18.1. The summed E-state index contributed by atoms with van der Waals surface area (Å²) in [6.07, 6.45) is 0.449. The van der Waals surface area contributed by atoms with Crippen LogP contribution in [0.15, 0.2) is 84.0 Å². The lowest BCUT2D eigenvalue weighted by atomic mass is 9.98. The second kappa shape index (κ2) is 11.0. The van der Waals surface area contributed by atoms with Gasteiger partial charge in [0.15, 0.2) is 0 Å². The van der Waals surface area contributed by atoms with E-state index < -0.39 is 6.04 Å². The molecule has 0 radical (unpaired) electrons. The van der Waals surface area contributed by atoms with Crippen molar-refractivity contribution in [3.8, 4) is 5.75 Å².